The van der Waals surface area contributed by atoms with E-state index in [0.717, 1.165) is 55.7 Å². The van der Waals surface area contributed by atoms with Crippen molar-refractivity contribution in [1.29, 1.82) is 0 Å². The van der Waals surface area contributed by atoms with Gasteiger partial charge in [-0.3, -0.25) is 0 Å². The summed E-state index contributed by atoms with van der Waals surface area (Å²) in [4.78, 5) is 9.19. The number of anilines is 3. The molecule has 0 saturated heterocycles. The Labute approximate surface area is 191 Å². The van der Waals surface area contributed by atoms with Crippen LogP contribution < -0.4 is 27.3 Å². The van der Waals surface area contributed by atoms with Gasteiger partial charge in [-0.2, -0.15) is 9.55 Å². The maximum absolute atomic E-state index is 6.13. The number of aromatic nitrogens is 3. The molecule has 2 heterocycles. The summed E-state index contributed by atoms with van der Waals surface area (Å²) in [7, 11) is 3.94. The predicted octanol–water partition coefficient (Wildman–Crippen LogP) is 3.51. The second-order valence-electron chi connectivity index (χ2n) is 8.32. The third-order valence-electron chi connectivity index (χ3n) is 6.13. The smallest absolute Gasteiger partial charge is 0.220 e. The van der Waals surface area contributed by atoms with Gasteiger partial charge in [0.15, 0.2) is 5.49 Å². The number of hydrogen-bond donors (Lipinski definition) is 3. The first-order chi connectivity index (χ1) is 15.8. The third kappa shape index (κ3) is 3.53. The second kappa shape index (κ2) is 7.63. The summed E-state index contributed by atoms with van der Waals surface area (Å²) in [6, 6.07) is 22.0. The summed E-state index contributed by atoms with van der Waals surface area (Å²) in [5, 5.41) is 3.32. The van der Waals surface area contributed by atoms with Gasteiger partial charge < -0.3 is 21.8 Å². The van der Waals surface area contributed by atoms with Gasteiger partial charge in [-0.25, -0.2) is 4.99 Å². The molecule has 5 rings (SSSR count). The minimum absolute atomic E-state index is 0.423. The van der Waals surface area contributed by atoms with Crippen molar-refractivity contribution in [1.82, 2.24) is 9.55 Å². The van der Waals surface area contributed by atoms with Crippen molar-refractivity contribution in [3.05, 3.63) is 77.9 Å². The van der Waals surface area contributed by atoms with E-state index < -0.39 is 0 Å². The van der Waals surface area contributed by atoms with Crippen LogP contribution in [0.15, 0.2) is 71.7 Å². The lowest BCUT2D eigenvalue weighted by Crippen LogP contribution is -2.32. The molecule has 7 nitrogen and oxygen atoms in total. The zero-order valence-corrected chi connectivity index (χ0v) is 18.9. The average molecular weight is 437 g/mol. The molecule has 0 spiro atoms. The Balaban J connectivity index is 1.85. The maximum atomic E-state index is 6.13. The van der Waals surface area contributed by atoms with Crippen LogP contribution in [0.3, 0.4) is 0 Å². The lowest BCUT2D eigenvalue weighted by atomic mass is 9.98. The standard InChI is InChI=1S/C26H25N7/c1-15-12-24(31-26(29)32(15)2)30-19-9-11-20-21-10-8-18(28)13-23(21)33(3)25(22(20)14-19)16-4-6-17(27)7-5-16/h4-14H,1-3H3,(H5,27,28,29,30,31)/p+1. The molecule has 7 heteroatoms. The molecule has 0 aliphatic heterocycles. The van der Waals surface area contributed by atoms with Gasteiger partial charge in [0.25, 0.3) is 0 Å². The summed E-state index contributed by atoms with van der Waals surface area (Å²) in [5.74, 6) is 0.423. The first-order valence-corrected chi connectivity index (χ1v) is 10.7. The van der Waals surface area contributed by atoms with Crippen LogP contribution in [0.1, 0.15) is 5.69 Å². The van der Waals surface area contributed by atoms with E-state index in [1.54, 1.807) is 0 Å². The minimum Gasteiger partial charge on any atom is -0.399 e. The van der Waals surface area contributed by atoms with E-state index in [2.05, 4.69) is 34.8 Å². The monoisotopic (exact) mass is 436 g/mol. The first kappa shape index (κ1) is 20.5. The fraction of sp³-hybridized carbons (Fsp3) is 0.115. The summed E-state index contributed by atoms with van der Waals surface area (Å²) >= 11 is 0. The van der Waals surface area contributed by atoms with E-state index >= 15 is 0 Å². The predicted molar refractivity (Wildman–Crippen MR) is 134 cm³/mol. The van der Waals surface area contributed by atoms with Crippen LogP contribution in [0.4, 0.5) is 23.0 Å². The number of rotatable bonds is 2. The van der Waals surface area contributed by atoms with Crippen molar-refractivity contribution >= 4 is 44.7 Å². The molecular formula is C26H26N7+. The molecule has 0 radical (unpaired) electrons. The Morgan fingerprint density at radius 2 is 1.52 bits per heavy atom. The Bertz CT molecular complexity index is 1590. The van der Waals surface area contributed by atoms with Crippen LogP contribution in [-0.4, -0.2) is 9.55 Å². The minimum atomic E-state index is 0.423. The lowest BCUT2D eigenvalue weighted by molar-refractivity contribution is -0.632. The van der Waals surface area contributed by atoms with Crippen molar-refractivity contribution in [3.8, 4) is 11.3 Å². The van der Waals surface area contributed by atoms with Gasteiger partial charge in [0.1, 0.15) is 7.05 Å². The summed E-state index contributed by atoms with van der Waals surface area (Å²) in [5.41, 5.74) is 25.1. The molecule has 164 valence electrons. The van der Waals surface area contributed by atoms with Gasteiger partial charge in [0, 0.05) is 47.2 Å². The van der Waals surface area contributed by atoms with E-state index in [1.165, 1.54) is 0 Å². The van der Waals surface area contributed by atoms with Gasteiger partial charge >= 0.3 is 0 Å². The molecule has 2 aromatic heterocycles. The number of hydrogen-bond acceptors (Lipinski definition) is 5. The highest BCUT2D eigenvalue weighted by Gasteiger charge is 2.21. The molecule has 3 aromatic carbocycles. The molecule has 0 unspecified atom stereocenters. The van der Waals surface area contributed by atoms with Gasteiger partial charge in [0.05, 0.1) is 16.5 Å². The topological polar surface area (TPSA) is 112 Å². The quantitative estimate of drug-likeness (QED) is 0.223. The molecular weight excluding hydrogens is 410 g/mol. The van der Waals surface area contributed by atoms with Gasteiger partial charge in [0.2, 0.25) is 17.2 Å². The fourth-order valence-corrected chi connectivity index (χ4v) is 4.26. The maximum Gasteiger partial charge on any atom is 0.220 e. The number of nitrogens with zero attached hydrogens (tertiary/aromatic N) is 4. The molecule has 0 bridgehead atoms. The molecule has 0 fully saturated rings. The number of nitrogen functional groups attached to an aromatic ring is 3. The second-order valence-corrected chi connectivity index (χ2v) is 8.32. The molecule has 33 heavy (non-hydrogen) atoms. The van der Waals surface area contributed by atoms with Crippen molar-refractivity contribution < 1.29 is 4.57 Å². The van der Waals surface area contributed by atoms with Crippen molar-refractivity contribution in [2.75, 3.05) is 17.2 Å². The van der Waals surface area contributed by atoms with Gasteiger partial charge in [-0.05, 0) is 55.5 Å². The third-order valence-corrected chi connectivity index (χ3v) is 6.13. The Hall–Kier alpha value is -4.39. The van der Waals surface area contributed by atoms with Crippen LogP contribution >= 0.6 is 0 Å². The lowest BCUT2D eigenvalue weighted by Gasteiger charge is -2.11. The number of benzene rings is 3. The number of fused-ring (bicyclic) bond motifs is 3. The molecule has 5 aromatic rings. The van der Waals surface area contributed by atoms with E-state index in [1.807, 2.05) is 67.1 Å². The fourth-order valence-electron chi connectivity index (χ4n) is 4.26. The highest BCUT2D eigenvalue weighted by molar-refractivity contribution is 6.10. The summed E-state index contributed by atoms with van der Waals surface area (Å²) in [6.45, 7) is 1.98. The molecule has 0 saturated carbocycles. The zero-order valence-electron chi connectivity index (χ0n) is 18.9. The number of nitrogens with two attached hydrogens (primary N) is 3. The van der Waals surface area contributed by atoms with Crippen molar-refractivity contribution in [2.45, 2.75) is 6.92 Å². The SMILES string of the molecule is Cc1cc(=Nc2ccc3c(c2)c(-c2ccc(N)cc2)[n+](C)c2cc(N)ccc32)nc(N)n1C. The van der Waals surface area contributed by atoms with Crippen LogP contribution in [0.2, 0.25) is 0 Å². The Morgan fingerprint density at radius 1 is 0.818 bits per heavy atom. The Kier molecular flexibility index (Phi) is 4.74. The summed E-state index contributed by atoms with van der Waals surface area (Å²) < 4.78 is 4.00. The van der Waals surface area contributed by atoms with Crippen LogP contribution in [0.5, 0.6) is 0 Å². The zero-order chi connectivity index (χ0) is 23.3. The normalized spacial score (nSPS) is 12.0. The molecule has 0 aliphatic carbocycles. The van der Waals surface area contributed by atoms with Crippen LogP contribution in [0.25, 0.3) is 32.9 Å². The Morgan fingerprint density at radius 3 is 2.24 bits per heavy atom. The van der Waals surface area contributed by atoms with E-state index in [4.69, 9.17) is 22.2 Å². The van der Waals surface area contributed by atoms with Crippen LogP contribution in [0, 0.1) is 6.92 Å². The molecule has 0 atom stereocenters. The number of pyridine rings is 1. The first-order valence-electron chi connectivity index (χ1n) is 10.7. The van der Waals surface area contributed by atoms with E-state index in [-0.39, 0.29) is 0 Å². The van der Waals surface area contributed by atoms with Crippen molar-refractivity contribution in [3.63, 3.8) is 0 Å². The molecule has 6 N–H and O–H groups in total. The van der Waals surface area contributed by atoms with E-state index in [0.29, 0.717) is 11.4 Å². The van der Waals surface area contributed by atoms with Crippen LogP contribution in [-0.2, 0) is 14.1 Å². The molecule has 0 amide bonds. The largest absolute Gasteiger partial charge is 0.399 e. The summed E-state index contributed by atoms with van der Waals surface area (Å²) in [6.07, 6.45) is 0. The van der Waals surface area contributed by atoms with E-state index in [9.17, 15) is 0 Å². The van der Waals surface area contributed by atoms with Crippen molar-refractivity contribution in [2.24, 2.45) is 19.1 Å². The number of aryl methyl sites for hydroxylation is 2. The molecule has 0 aliphatic rings. The highest BCUT2D eigenvalue weighted by atomic mass is 15.1. The van der Waals surface area contributed by atoms with Gasteiger partial charge in [-0.15, -0.1) is 0 Å². The van der Waals surface area contributed by atoms with Gasteiger partial charge in [-0.1, -0.05) is 6.07 Å². The average Bonchev–Trinajstić information content (AvgIpc) is 2.79. The highest BCUT2D eigenvalue weighted by Crippen LogP contribution is 2.34.